The topological polar surface area (TPSA) is 69.7 Å². The van der Waals surface area contributed by atoms with E-state index >= 15 is 0 Å². The summed E-state index contributed by atoms with van der Waals surface area (Å²) in [6.07, 6.45) is 1.50. The number of carbonyl (C=O) groups is 1. The zero-order valence-corrected chi connectivity index (χ0v) is 12.8. The van der Waals surface area contributed by atoms with Gasteiger partial charge in [-0.25, -0.2) is 4.79 Å². The first-order valence-electron chi connectivity index (χ1n) is 6.65. The normalized spacial score (nSPS) is 12.0. The van der Waals surface area contributed by atoms with Crippen LogP contribution in [0.15, 0.2) is 44.2 Å². The molecule has 0 saturated heterocycles. The van der Waals surface area contributed by atoms with Crippen LogP contribution >= 0.6 is 11.6 Å². The SMILES string of the molecule is CC(C)(Cl)C(=O)COc1c2occc2cc2ccc(=O)oc12. The number of hydrogen-bond acceptors (Lipinski definition) is 5. The molecule has 0 N–H and O–H groups in total. The molecule has 0 atom stereocenters. The maximum absolute atomic E-state index is 11.9. The van der Waals surface area contributed by atoms with Crippen molar-refractivity contribution in [3.63, 3.8) is 0 Å². The van der Waals surface area contributed by atoms with E-state index in [2.05, 4.69) is 0 Å². The van der Waals surface area contributed by atoms with Gasteiger partial charge in [0.2, 0.25) is 5.75 Å². The third-order valence-electron chi connectivity index (χ3n) is 3.29. The van der Waals surface area contributed by atoms with Gasteiger partial charge in [0.15, 0.2) is 16.9 Å². The average molecular weight is 321 g/mol. The molecule has 0 unspecified atom stereocenters. The Morgan fingerprint density at radius 3 is 2.68 bits per heavy atom. The van der Waals surface area contributed by atoms with E-state index in [-0.39, 0.29) is 23.7 Å². The maximum atomic E-state index is 11.9. The molecule has 1 aromatic carbocycles. The van der Waals surface area contributed by atoms with E-state index in [1.165, 1.54) is 12.3 Å². The minimum absolute atomic E-state index is 0.226. The minimum atomic E-state index is -1.03. The lowest BCUT2D eigenvalue weighted by Gasteiger charge is -2.15. The summed E-state index contributed by atoms with van der Waals surface area (Å²) in [7, 11) is 0. The minimum Gasteiger partial charge on any atom is -0.478 e. The van der Waals surface area contributed by atoms with Crippen LogP contribution in [0.4, 0.5) is 0 Å². The highest BCUT2D eigenvalue weighted by molar-refractivity contribution is 6.34. The van der Waals surface area contributed by atoms with Gasteiger partial charge < -0.3 is 13.6 Å². The van der Waals surface area contributed by atoms with Gasteiger partial charge in [-0.15, -0.1) is 11.6 Å². The van der Waals surface area contributed by atoms with Crippen LogP contribution in [0.3, 0.4) is 0 Å². The van der Waals surface area contributed by atoms with Crippen molar-refractivity contribution in [1.29, 1.82) is 0 Å². The third-order valence-corrected chi connectivity index (χ3v) is 3.50. The Morgan fingerprint density at radius 1 is 1.23 bits per heavy atom. The van der Waals surface area contributed by atoms with Gasteiger partial charge in [-0.3, -0.25) is 4.79 Å². The van der Waals surface area contributed by atoms with E-state index in [0.29, 0.717) is 11.0 Å². The lowest BCUT2D eigenvalue weighted by Crippen LogP contribution is -2.30. The van der Waals surface area contributed by atoms with E-state index < -0.39 is 10.5 Å². The van der Waals surface area contributed by atoms with Gasteiger partial charge in [0.05, 0.1) is 6.26 Å². The van der Waals surface area contributed by atoms with Crippen molar-refractivity contribution in [1.82, 2.24) is 0 Å². The molecule has 0 aliphatic heterocycles. The smallest absolute Gasteiger partial charge is 0.336 e. The fraction of sp³-hybridized carbons (Fsp3) is 0.250. The molecule has 0 aliphatic carbocycles. The highest BCUT2D eigenvalue weighted by Crippen LogP contribution is 2.35. The first kappa shape index (κ1) is 14.7. The number of ketones is 1. The van der Waals surface area contributed by atoms with Crippen LogP contribution in [0, 0.1) is 0 Å². The summed E-state index contributed by atoms with van der Waals surface area (Å²) in [5.74, 6) is -0.0615. The first-order chi connectivity index (χ1) is 10.4. The molecule has 0 bridgehead atoms. The standard InChI is InChI=1S/C16H13ClO5/c1-16(2,17)11(18)8-21-15-13-10(5-6-20-13)7-9-3-4-12(19)22-14(9)15/h3-7H,8H2,1-2H3. The molecule has 0 fully saturated rings. The van der Waals surface area contributed by atoms with Crippen molar-refractivity contribution in [2.45, 2.75) is 18.7 Å². The molecule has 6 heteroatoms. The number of carbonyl (C=O) groups excluding carboxylic acids is 1. The Labute approximate surface area is 130 Å². The number of rotatable bonds is 4. The van der Waals surface area contributed by atoms with Crippen molar-refractivity contribution in [2.24, 2.45) is 0 Å². The Balaban J connectivity index is 2.12. The largest absolute Gasteiger partial charge is 0.478 e. The Bertz CT molecular complexity index is 914. The predicted molar refractivity (Wildman–Crippen MR) is 82.7 cm³/mol. The lowest BCUT2D eigenvalue weighted by molar-refractivity contribution is -0.122. The molecule has 0 amide bonds. The molecule has 0 spiro atoms. The first-order valence-corrected chi connectivity index (χ1v) is 7.03. The van der Waals surface area contributed by atoms with Gasteiger partial charge >= 0.3 is 5.63 Å². The fourth-order valence-electron chi connectivity index (χ4n) is 2.05. The van der Waals surface area contributed by atoms with Crippen LogP contribution < -0.4 is 10.4 Å². The van der Waals surface area contributed by atoms with Gasteiger partial charge in [-0.1, -0.05) is 0 Å². The second-order valence-corrected chi connectivity index (χ2v) is 6.35. The summed E-state index contributed by atoms with van der Waals surface area (Å²) >= 11 is 5.96. The summed E-state index contributed by atoms with van der Waals surface area (Å²) in [4.78, 5) is 22.4. The number of furan rings is 1. The molecule has 5 nitrogen and oxygen atoms in total. The number of benzene rings is 1. The van der Waals surface area contributed by atoms with Gasteiger partial charge in [0, 0.05) is 16.8 Å². The molecule has 0 radical (unpaired) electrons. The summed E-state index contributed by atoms with van der Waals surface area (Å²) in [5.41, 5.74) is 0.157. The maximum Gasteiger partial charge on any atom is 0.336 e. The molecule has 0 aliphatic rings. The van der Waals surface area contributed by atoms with Crippen LogP contribution in [0.5, 0.6) is 5.75 Å². The summed E-state index contributed by atoms with van der Waals surface area (Å²) in [6, 6.07) is 6.54. The van der Waals surface area contributed by atoms with Gasteiger partial charge in [0.1, 0.15) is 11.5 Å². The Morgan fingerprint density at radius 2 is 1.95 bits per heavy atom. The molecule has 3 rings (SSSR count). The monoisotopic (exact) mass is 320 g/mol. The molecular formula is C16H13ClO5. The zero-order chi connectivity index (χ0) is 15.9. The fourth-order valence-corrected chi connectivity index (χ4v) is 2.10. The van der Waals surface area contributed by atoms with E-state index in [4.69, 9.17) is 25.2 Å². The van der Waals surface area contributed by atoms with Crippen molar-refractivity contribution < 1.29 is 18.4 Å². The van der Waals surface area contributed by atoms with Gasteiger partial charge in [-0.05, 0) is 32.0 Å². The molecule has 2 heterocycles. The van der Waals surface area contributed by atoms with E-state index in [9.17, 15) is 9.59 Å². The Kier molecular flexibility index (Phi) is 3.45. The zero-order valence-electron chi connectivity index (χ0n) is 12.0. The highest BCUT2D eigenvalue weighted by Gasteiger charge is 2.25. The van der Waals surface area contributed by atoms with E-state index in [1.807, 2.05) is 6.07 Å². The summed E-state index contributed by atoms with van der Waals surface area (Å²) in [5, 5.41) is 1.47. The number of alkyl halides is 1. The number of halogens is 1. The van der Waals surface area contributed by atoms with Crippen molar-refractivity contribution in [3.8, 4) is 5.75 Å². The van der Waals surface area contributed by atoms with Crippen LogP contribution in [0.25, 0.3) is 21.9 Å². The number of Topliss-reactive ketones (excluding diaryl/α,β-unsaturated/α-hetero) is 1. The van der Waals surface area contributed by atoms with Crippen molar-refractivity contribution in [3.05, 3.63) is 40.9 Å². The highest BCUT2D eigenvalue weighted by atomic mass is 35.5. The number of fused-ring (bicyclic) bond motifs is 2. The predicted octanol–water partition coefficient (Wildman–Crippen LogP) is 3.50. The van der Waals surface area contributed by atoms with Gasteiger partial charge in [-0.2, -0.15) is 0 Å². The molecule has 0 saturated carbocycles. The van der Waals surface area contributed by atoms with E-state index in [0.717, 1.165) is 5.39 Å². The molecule has 3 aromatic rings. The molecular weight excluding hydrogens is 308 g/mol. The van der Waals surface area contributed by atoms with Crippen LogP contribution in [-0.2, 0) is 4.79 Å². The average Bonchev–Trinajstić information content (AvgIpc) is 2.90. The molecule has 22 heavy (non-hydrogen) atoms. The van der Waals surface area contributed by atoms with Crippen molar-refractivity contribution >= 4 is 39.3 Å². The lowest BCUT2D eigenvalue weighted by atomic mass is 10.1. The Hall–Kier alpha value is -2.27. The molecule has 114 valence electrons. The molecule has 2 aromatic heterocycles. The van der Waals surface area contributed by atoms with Gasteiger partial charge in [0.25, 0.3) is 0 Å². The summed E-state index contributed by atoms with van der Waals surface area (Å²) < 4.78 is 16.2. The van der Waals surface area contributed by atoms with E-state index in [1.54, 1.807) is 26.0 Å². The van der Waals surface area contributed by atoms with Crippen LogP contribution in [-0.4, -0.2) is 17.3 Å². The third kappa shape index (κ3) is 2.60. The quantitative estimate of drug-likeness (QED) is 0.543. The second kappa shape index (κ2) is 5.18. The summed E-state index contributed by atoms with van der Waals surface area (Å²) in [6.45, 7) is 2.93. The number of hydrogen-bond donors (Lipinski definition) is 0. The van der Waals surface area contributed by atoms with Crippen LogP contribution in [0.2, 0.25) is 0 Å². The van der Waals surface area contributed by atoms with Crippen molar-refractivity contribution in [2.75, 3.05) is 6.61 Å². The second-order valence-electron chi connectivity index (χ2n) is 5.40. The van der Waals surface area contributed by atoms with Crippen LogP contribution in [0.1, 0.15) is 13.8 Å². The number of ether oxygens (including phenoxy) is 1.